The zero-order valence-corrected chi connectivity index (χ0v) is 12.5. The second-order valence-electron chi connectivity index (χ2n) is 5.20. The fourth-order valence-electron chi connectivity index (χ4n) is 2.59. The summed E-state index contributed by atoms with van der Waals surface area (Å²) in [5.74, 6) is 1.56. The molecule has 0 unspecified atom stereocenters. The lowest BCUT2D eigenvalue weighted by Crippen LogP contribution is -2.38. The Hall–Kier alpha value is -1.77. The van der Waals surface area contributed by atoms with Crippen LogP contribution >= 0.6 is 11.3 Å². The van der Waals surface area contributed by atoms with Gasteiger partial charge in [0.25, 0.3) is 0 Å². The van der Waals surface area contributed by atoms with Crippen LogP contribution in [0.2, 0.25) is 0 Å². The van der Waals surface area contributed by atoms with Crippen molar-refractivity contribution >= 4 is 16.3 Å². The highest BCUT2D eigenvalue weighted by molar-refractivity contribution is 7.15. The Kier molecular flexibility index (Phi) is 3.21. The lowest BCUT2D eigenvalue weighted by molar-refractivity contribution is -0.0373. The highest BCUT2D eigenvalue weighted by Crippen LogP contribution is 2.21. The predicted octanol–water partition coefficient (Wildman–Crippen LogP) is 1.40. The molecule has 0 spiro atoms. The van der Waals surface area contributed by atoms with Crippen molar-refractivity contribution in [1.29, 1.82) is 0 Å². The molecule has 0 amide bonds. The summed E-state index contributed by atoms with van der Waals surface area (Å²) in [7, 11) is 0. The number of nitrogens with one attached hydrogen (secondary N) is 1. The van der Waals surface area contributed by atoms with E-state index in [0.29, 0.717) is 6.61 Å². The molecule has 21 heavy (non-hydrogen) atoms. The molecule has 1 fully saturated rings. The Morgan fingerprint density at radius 1 is 1.48 bits per heavy atom. The van der Waals surface area contributed by atoms with Gasteiger partial charge in [0.15, 0.2) is 10.8 Å². The second-order valence-corrected chi connectivity index (χ2v) is 6.07. The van der Waals surface area contributed by atoms with E-state index in [-0.39, 0.29) is 6.10 Å². The Bertz CT molecular complexity index is 718. The van der Waals surface area contributed by atoms with Crippen LogP contribution in [0.1, 0.15) is 23.4 Å². The zero-order chi connectivity index (χ0) is 14.2. The first-order valence-corrected chi connectivity index (χ1v) is 7.80. The summed E-state index contributed by atoms with van der Waals surface area (Å²) in [6.07, 6.45) is 4.06. The molecule has 1 atom stereocenters. The summed E-state index contributed by atoms with van der Waals surface area (Å²) in [6.45, 7) is 5.13. The lowest BCUT2D eigenvalue weighted by Gasteiger charge is -2.30. The summed E-state index contributed by atoms with van der Waals surface area (Å²) in [5, 5.41) is 9.12. The highest BCUT2D eigenvalue weighted by Gasteiger charge is 2.25. The van der Waals surface area contributed by atoms with E-state index in [2.05, 4.69) is 35.7 Å². The van der Waals surface area contributed by atoms with Crippen LogP contribution in [-0.2, 0) is 11.3 Å². The minimum atomic E-state index is -0.0626. The highest BCUT2D eigenvalue weighted by atomic mass is 32.1. The third-order valence-corrected chi connectivity index (χ3v) is 4.35. The van der Waals surface area contributed by atoms with Crippen molar-refractivity contribution in [3.63, 3.8) is 0 Å². The molecule has 1 aliphatic rings. The number of fused-ring (bicyclic) bond motifs is 1. The normalized spacial score (nSPS) is 20.3. The first kappa shape index (κ1) is 12.9. The lowest BCUT2D eigenvalue weighted by atomic mass is 10.2. The Morgan fingerprint density at radius 2 is 2.43 bits per heavy atom. The zero-order valence-electron chi connectivity index (χ0n) is 11.7. The third kappa shape index (κ3) is 2.57. The molecular formula is C13H16N6OS. The number of nitrogens with zero attached hydrogens (tertiary/aromatic N) is 5. The maximum atomic E-state index is 5.78. The number of imidazole rings is 1. The van der Waals surface area contributed by atoms with Gasteiger partial charge in [-0.2, -0.15) is 5.10 Å². The van der Waals surface area contributed by atoms with Crippen LogP contribution in [0.15, 0.2) is 17.8 Å². The monoisotopic (exact) mass is 304 g/mol. The van der Waals surface area contributed by atoms with E-state index in [1.54, 1.807) is 11.3 Å². The van der Waals surface area contributed by atoms with Gasteiger partial charge in [-0.25, -0.2) is 9.97 Å². The van der Waals surface area contributed by atoms with Crippen LogP contribution in [0, 0.1) is 6.92 Å². The van der Waals surface area contributed by atoms with Crippen LogP contribution in [0.5, 0.6) is 0 Å². The molecule has 0 radical (unpaired) electrons. The smallest absolute Gasteiger partial charge is 0.193 e. The molecule has 4 heterocycles. The number of hydrogen-bond acceptors (Lipinski definition) is 6. The fourth-order valence-corrected chi connectivity index (χ4v) is 3.31. The average Bonchev–Trinajstić information content (AvgIpc) is 3.15. The van der Waals surface area contributed by atoms with Crippen LogP contribution in [0.25, 0.3) is 4.96 Å². The van der Waals surface area contributed by atoms with Crippen LogP contribution in [0.3, 0.4) is 0 Å². The fraction of sp³-hybridized carbons (Fsp3) is 0.462. The number of H-pyrrole nitrogens is 1. The minimum absolute atomic E-state index is 0.0626. The number of morpholine rings is 1. The van der Waals surface area contributed by atoms with Gasteiger partial charge in [0, 0.05) is 37.4 Å². The molecule has 7 nitrogen and oxygen atoms in total. The van der Waals surface area contributed by atoms with E-state index in [9.17, 15) is 0 Å². The number of aromatic amines is 1. The van der Waals surface area contributed by atoms with E-state index in [1.807, 2.05) is 18.5 Å². The summed E-state index contributed by atoms with van der Waals surface area (Å²) in [6, 6.07) is 0. The van der Waals surface area contributed by atoms with Crippen molar-refractivity contribution < 1.29 is 4.74 Å². The molecule has 4 rings (SSSR count). The molecule has 3 aromatic rings. The Morgan fingerprint density at radius 3 is 3.24 bits per heavy atom. The molecule has 110 valence electrons. The molecule has 1 saturated heterocycles. The number of ether oxygens (including phenoxy) is 1. The molecule has 0 aliphatic carbocycles. The maximum Gasteiger partial charge on any atom is 0.193 e. The summed E-state index contributed by atoms with van der Waals surface area (Å²) in [4.78, 5) is 12.4. The number of aromatic nitrogens is 5. The van der Waals surface area contributed by atoms with Crippen molar-refractivity contribution in [3.05, 3.63) is 35.1 Å². The number of aryl methyl sites for hydroxylation is 1. The van der Waals surface area contributed by atoms with E-state index in [4.69, 9.17) is 4.74 Å². The number of rotatable bonds is 3. The van der Waals surface area contributed by atoms with Gasteiger partial charge < -0.3 is 4.74 Å². The average molecular weight is 304 g/mol. The standard InChI is InChI=1S/C13H16N6OS/c1-9-14-12(17-16-9)11-8-18(2-4-20-11)6-10-7-19-3-5-21-13(19)15-10/h3,5,7,11H,2,4,6,8H2,1H3,(H,14,16,17)/t11-/m0/s1. The van der Waals surface area contributed by atoms with Gasteiger partial charge in [0.05, 0.1) is 12.3 Å². The van der Waals surface area contributed by atoms with Crippen LogP contribution in [-0.4, -0.2) is 49.2 Å². The van der Waals surface area contributed by atoms with Gasteiger partial charge in [-0.3, -0.25) is 14.4 Å². The second kappa shape index (κ2) is 5.21. The van der Waals surface area contributed by atoms with Crippen LogP contribution < -0.4 is 0 Å². The van der Waals surface area contributed by atoms with Crippen molar-refractivity contribution in [2.75, 3.05) is 19.7 Å². The first-order chi connectivity index (χ1) is 10.3. The molecule has 0 bridgehead atoms. The van der Waals surface area contributed by atoms with E-state index in [0.717, 1.165) is 41.9 Å². The van der Waals surface area contributed by atoms with E-state index < -0.39 is 0 Å². The van der Waals surface area contributed by atoms with Crippen molar-refractivity contribution in [2.45, 2.75) is 19.6 Å². The first-order valence-electron chi connectivity index (χ1n) is 6.92. The van der Waals surface area contributed by atoms with Crippen LogP contribution in [0.4, 0.5) is 0 Å². The molecule has 0 aromatic carbocycles. The number of hydrogen-bond donors (Lipinski definition) is 1. The van der Waals surface area contributed by atoms with E-state index in [1.165, 1.54) is 0 Å². The largest absolute Gasteiger partial charge is 0.367 e. The summed E-state index contributed by atoms with van der Waals surface area (Å²) in [5.41, 5.74) is 1.09. The third-order valence-electron chi connectivity index (χ3n) is 3.58. The molecule has 1 aliphatic heterocycles. The van der Waals surface area contributed by atoms with Crippen molar-refractivity contribution in [2.24, 2.45) is 0 Å². The molecule has 3 aromatic heterocycles. The molecule has 1 N–H and O–H groups in total. The Balaban J connectivity index is 1.46. The predicted molar refractivity (Wildman–Crippen MR) is 78.2 cm³/mol. The summed E-state index contributed by atoms with van der Waals surface area (Å²) < 4.78 is 7.85. The minimum Gasteiger partial charge on any atom is -0.367 e. The van der Waals surface area contributed by atoms with Gasteiger partial charge in [-0.1, -0.05) is 0 Å². The number of thiazole rings is 1. The van der Waals surface area contributed by atoms with Gasteiger partial charge in [-0.15, -0.1) is 11.3 Å². The topological polar surface area (TPSA) is 71.3 Å². The molecule has 8 heteroatoms. The van der Waals surface area contributed by atoms with Crippen molar-refractivity contribution in [3.8, 4) is 0 Å². The summed E-state index contributed by atoms with van der Waals surface area (Å²) >= 11 is 1.65. The van der Waals surface area contributed by atoms with Gasteiger partial charge in [0.1, 0.15) is 11.9 Å². The van der Waals surface area contributed by atoms with Gasteiger partial charge in [-0.05, 0) is 6.92 Å². The molecular weight excluding hydrogens is 288 g/mol. The van der Waals surface area contributed by atoms with Gasteiger partial charge >= 0.3 is 0 Å². The molecule has 0 saturated carbocycles. The quantitative estimate of drug-likeness (QED) is 0.792. The SMILES string of the molecule is Cc1nc([C@@H]2CN(Cc3cn4ccsc4n3)CCO2)n[nH]1. The maximum absolute atomic E-state index is 5.78. The van der Waals surface area contributed by atoms with Gasteiger partial charge in [0.2, 0.25) is 0 Å². The Labute approximate surface area is 125 Å². The van der Waals surface area contributed by atoms with E-state index >= 15 is 0 Å². The van der Waals surface area contributed by atoms with Crippen molar-refractivity contribution in [1.82, 2.24) is 29.5 Å².